The van der Waals surface area contributed by atoms with E-state index in [2.05, 4.69) is 15.3 Å². The summed E-state index contributed by atoms with van der Waals surface area (Å²) in [5.74, 6) is 0.504. The molecule has 0 radical (unpaired) electrons. The normalized spacial score (nSPS) is 17.8. The maximum Gasteiger partial charge on any atom is 0.327 e. The lowest BCUT2D eigenvalue weighted by atomic mass is 9.96. The number of H-pyrrole nitrogens is 1. The molecule has 1 atom stereocenters. The third kappa shape index (κ3) is 2.98. The van der Waals surface area contributed by atoms with Gasteiger partial charge in [-0.3, -0.25) is 9.59 Å². The zero-order valence-electron chi connectivity index (χ0n) is 10.9. The number of rotatable bonds is 6. The molecule has 0 spiro atoms. The number of hydrogen-bond donors (Lipinski definition) is 2. The van der Waals surface area contributed by atoms with Gasteiger partial charge in [0.1, 0.15) is 5.54 Å². The number of aromatic nitrogens is 2. The van der Waals surface area contributed by atoms with Gasteiger partial charge in [0, 0.05) is 18.0 Å². The first-order chi connectivity index (χ1) is 9.12. The molecule has 104 valence electrons. The predicted octanol–water partition coefficient (Wildman–Crippen LogP) is 0.403. The second-order valence-corrected chi connectivity index (χ2v) is 5.48. The lowest BCUT2D eigenvalue weighted by Crippen LogP contribution is -2.55. The summed E-state index contributed by atoms with van der Waals surface area (Å²) < 4.78 is 4.91. The van der Waals surface area contributed by atoms with Gasteiger partial charge < -0.3 is 15.0 Å². The fourth-order valence-corrected chi connectivity index (χ4v) is 3.26. The molecule has 0 saturated heterocycles. The Hall–Kier alpha value is -1.34. The number of ether oxygens (including phenoxy) is 1. The highest BCUT2D eigenvalue weighted by Crippen LogP contribution is 2.42. The molecule has 1 aliphatic rings. The summed E-state index contributed by atoms with van der Waals surface area (Å²) in [5, 5.41) is 3.61. The van der Waals surface area contributed by atoms with E-state index >= 15 is 0 Å². The van der Waals surface area contributed by atoms with Crippen LogP contribution in [0, 0.1) is 5.92 Å². The molecule has 1 fully saturated rings. The number of esters is 1. The zero-order valence-corrected chi connectivity index (χ0v) is 11.8. The zero-order chi connectivity index (χ0) is 13.9. The number of hydrogen-bond acceptors (Lipinski definition) is 6. The van der Waals surface area contributed by atoms with E-state index in [0.717, 1.165) is 12.8 Å². The number of aromatic amines is 1. The molecule has 2 N–H and O–H groups in total. The van der Waals surface area contributed by atoms with Crippen molar-refractivity contribution in [3.8, 4) is 0 Å². The van der Waals surface area contributed by atoms with Crippen LogP contribution in [0.1, 0.15) is 12.8 Å². The first kappa shape index (κ1) is 14.1. The SMILES string of the molecule is CNC(CSc1nccc(=O)[nH]1)(C(=O)OC)C1CC1. The molecule has 1 heterocycles. The molecule has 6 nitrogen and oxygen atoms in total. The fourth-order valence-electron chi connectivity index (χ4n) is 2.09. The molecular weight excluding hydrogens is 266 g/mol. The monoisotopic (exact) mass is 283 g/mol. The van der Waals surface area contributed by atoms with Crippen molar-refractivity contribution in [3.63, 3.8) is 0 Å². The van der Waals surface area contributed by atoms with E-state index < -0.39 is 5.54 Å². The maximum atomic E-state index is 12.0. The van der Waals surface area contributed by atoms with Crippen molar-refractivity contribution in [2.24, 2.45) is 5.92 Å². The Morgan fingerprint density at radius 3 is 2.95 bits per heavy atom. The molecular formula is C12H17N3O3S. The van der Waals surface area contributed by atoms with Gasteiger partial charge >= 0.3 is 5.97 Å². The Morgan fingerprint density at radius 1 is 1.68 bits per heavy atom. The van der Waals surface area contributed by atoms with E-state index in [9.17, 15) is 9.59 Å². The third-order valence-electron chi connectivity index (χ3n) is 3.35. The van der Waals surface area contributed by atoms with Crippen molar-refractivity contribution in [3.05, 3.63) is 22.6 Å². The van der Waals surface area contributed by atoms with E-state index in [4.69, 9.17) is 4.74 Å². The average molecular weight is 283 g/mol. The molecule has 1 saturated carbocycles. The van der Waals surface area contributed by atoms with E-state index in [1.54, 1.807) is 7.05 Å². The van der Waals surface area contributed by atoms with E-state index in [1.807, 2.05) is 0 Å². The lowest BCUT2D eigenvalue weighted by molar-refractivity contribution is -0.148. The van der Waals surface area contributed by atoms with Crippen LogP contribution < -0.4 is 10.9 Å². The summed E-state index contributed by atoms with van der Waals surface area (Å²) in [6.45, 7) is 0. The molecule has 1 aromatic rings. The molecule has 2 rings (SSSR count). The van der Waals surface area contributed by atoms with Gasteiger partial charge in [0.25, 0.3) is 5.56 Å². The number of carbonyl (C=O) groups is 1. The standard InChI is InChI=1S/C12H17N3O3S/c1-13-12(8-3-4-8,10(17)18-2)7-19-11-14-6-5-9(16)15-11/h5-6,8,13H,3-4,7H2,1-2H3,(H,14,15,16). The highest BCUT2D eigenvalue weighted by Gasteiger charge is 2.51. The lowest BCUT2D eigenvalue weighted by Gasteiger charge is -2.30. The summed E-state index contributed by atoms with van der Waals surface area (Å²) in [7, 11) is 3.15. The minimum absolute atomic E-state index is 0.197. The quantitative estimate of drug-likeness (QED) is 0.447. The Kier molecular flexibility index (Phi) is 4.26. The summed E-state index contributed by atoms with van der Waals surface area (Å²) in [6.07, 6.45) is 3.47. The molecule has 0 aromatic carbocycles. The Morgan fingerprint density at radius 2 is 2.42 bits per heavy atom. The predicted molar refractivity (Wildman–Crippen MR) is 72.1 cm³/mol. The molecule has 7 heteroatoms. The van der Waals surface area contributed by atoms with E-state index in [-0.39, 0.29) is 17.4 Å². The number of thioether (sulfide) groups is 1. The first-order valence-corrected chi connectivity index (χ1v) is 7.06. The summed E-state index contributed by atoms with van der Waals surface area (Å²) in [5.41, 5.74) is -0.898. The van der Waals surface area contributed by atoms with Gasteiger partial charge in [0.2, 0.25) is 0 Å². The summed E-state index contributed by atoms with van der Waals surface area (Å²) in [6, 6.07) is 1.36. The Labute approximate surface area is 115 Å². The van der Waals surface area contributed by atoms with Gasteiger partial charge in [-0.25, -0.2) is 4.98 Å². The fraction of sp³-hybridized carbons (Fsp3) is 0.583. The van der Waals surface area contributed by atoms with Crippen LogP contribution in [0.15, 0.2) is 22.2 Å². The van der Waals surface area contributed by atoms with Gasteiger partial charge in [-0.15, -0.1) is 0 Å². The van der Waals surface area contributed by atoms with Crippen LogP contribution in [0.4, 0.5) is 0 Å². The van der Waals surface area contributed by atoms with Gasteiger partial charge in [-0.1, -0.05) is 11.8 Å². The van der Waals surface area contributed by atoms with Crippen LogP contribution in [0.3, 0.4) is 0 Å². The van der Waals surface area contributed by atoms with E-state index in [1.165, 1.54) is 31.1 Å². The minimum atomic E-state index is -0.701. The van der Waals surface area contributed by atoms with Crippen LogP contribution in [0.5, 0.6) is 0 Å². The summed E-state index contributed by atoms with van der Waals surface area (Å²) in [4.78, 5) is 30.0. The van der Waals surface area contributed by atoms with Gasteiger partial charge in [-0.05, 0) is 25.8 Å². The van der Waals surface area contributed by atoms with Crippen molar-refractivity contribution in [2.75, 3.05) is 19.9 Å². The number of methoxy groups -OCH3 is 1. The highest BCUT2D eigenvalue weighted by atomic mass is 32.2. The molecule has 1 aromatic heterocycles. The van der Waals surface area contributed by atoms with Crippen molar-refractivity contribution in [1.82, 2.24) is 15.3 Å². The Balaban J connectivity index is 2.12. The third-order valence-corrected chi connectivity index (χ3v) is 4.44. The topological polar surface area (TPSA) is 84.1 Å². The van der Waals surface area contributed by atoms with Crippen molar-refractivity contribution in [2.45, 2.75) is 23.5 Å². The largest absolute Gasteiger partial charge is 0.468 e. The second kappa shape index (κ2) is 5.75. The first-order valence-electron chi connectivity index (χ1n) is 6.08. The number of nitrogens with zero attached hydrogens (tertiary/aromatic N) is 1. The molecule has 0 bridgehead atoms. The number of carbonyl (C=O) groups excluding carboxylic acids is 1. The average Bonchev–Trinajstić information content (AvgIpc) is 3.24. The summed E-state index contributed by atoms with van der Waals surface area (Å²) >= 11 is 1.35. The van der Waals surface area contributed by atoms with Crippen LogP contribution in [0.2, 0.25) is 0 Å². The maximum absolute atomic E-state index is 12.0. The number of nitrogens with one attached hydrogen (secondary N) is 2. The van der Waals surface area contributed by atoms with Crippen molar-refractivity contribution in [1.29, 1.82) is 0 Å². The van der Waals surface area contributed by atoms with Crippen molar-refractivity contribution >= 4 is 17.7 Å². The van der Waals surface area contributed by atoms with Crippen LogP contribution in [0.25, 0.3) is 0 Å². The Bertz CT molecular complexity index is 515. The van der Waals surface area contributed by atoms with Crippen LogP contribution in [-0.4, -0.2) is 41.4 Å². The highest BCUT2D eigenvalue weighted by molar-refractivity contribution is 7.99. The van der Waals surface area contributed by atoms with Crippen LogP contribution in [-0.2, 0) is 9.53 Å². The molecule has 1 aliphatic carbocycles. The minimum Gasteiger partial charge on any atom is -0.468 e. The smallest absolute Gasteiger partial charge is 0.327 e. The molecule has 19 heavy (non-hydrogen) atoms. The van der Waals surface area contributed by atoms with Gasteiger partial charge in [0.05, 0.1) is 7.11 Å². The molecule has 0 amide bonds. The number of likely N-dealkylation sites (N-methyl/N-ethyl adjacent to an activating group) is 1. The molecule has 1 unspecified atom stereocenters. The van der Waals surface area contributed by atoms with Crippen LogP contribution >= 0.6 is 11.8 Å². The van der Waals surface area contributed by atoms with Crippen molar-refractivity contribution < 1.29 is 9.53 Å². The molecule has 0 aliphatic heterocycles. The van der Waals surface area contributed by atoms with Gasteiger partial charge in [-0.2, -0.15) is 0 Å². The van der Waals surface area contributed by atoms with E-state index in [0.29, 0.717) is 10.9 Å². The van der Waals surface area contributed by atoms with Gasteiger partial charge in [0.15, 0.2) is 5.16 Å². The second-order valence-electron chi connectivity index (χ2n) is 4.52.